The van der Waals surface area contributed by atoms with Gasteiger partial charge in [-0.15, -0.1) is 0 Å². The molecule has 1 aliphatic rings. The van der Waals surface area contributed by atoms with Gasteiger partial charge in [-0.25, -0.2) is 9.97 Å². The van der Waals surface area contributed by atoms with Crippen molar-refractivity contribution in [2.75, 3.05) is 6.54 Å². The van der Waals surface area contributed by atoms with Crippen LogP contribution >= 0.6 is 0 Å². The monoisotopic (exact) mass is 314 g/mol. The third kappa shape index (κ3) is 4.55. The Balaban J connectivity index is 1.52. The van der Waals surface area contributed by atoms with Crippen LogP contribution in [0.2, 0.25) is 0 Å². The standard InChI is InChI=1S/C17H22N4O2/c22-17(20-9-11-21-10-8-18-13-21)14-6-7-19-16(12-14)23-15-4-2-1-3-5-15/h6-8,10,12-13,15H,1-5,9,11H2,(H,20,22). The number of pyridine rings is 1. The summed E-state index contributed by atoms with van der Waals surface area (Å²) in [5, 5.41) is 2.90. The van der Waals surface area contributed by atoms with Crippen molar-refractivity contribution < 1.29 is 9.53 Å². The average molecular weight is 314 g/mol. The van der Waals surface area contributed by atoms with Crippen LogP contribution in [0.25, 0.3) is 0 Å². The first-order valence-electron chi connectivity index (χ1n) is 8.18. The maximum absolute atomic E-state index is 12.2. The minimum atomic E-state index is -0.110. The van der Waals surface area contributed by atoms with Gasteiger partial charge in [0.15, 0.2) is 0 Å². The number of carbonyl (C=O) groups is 1. The van der Waals surface area contributed by atoms with Crippen LogP contribution in [0, 0.1) is 0 Å². The van der Waals surface area contributed by atoms with E-state index < -0.39 is 0 Å². The molecule has 0 radical (unpaired) electrons. The van der Waals surface area contributed by atoms with E-state index in [1.165, 1.54) is 19.3 Å². The van der Waals surface area contributed by atoms with E-state index in [0.29, 0.717) is 24.5 Å². The van der Waals surface area contributed by atoms with Crippen molar-refractivity contribution >= 4 is 5.91 Å². The lowest BCUT2D eigenvalue weighted by molar-refractivity contribution is 0.0950. The second-order valence-electron chi connectivity index (χ2n) is 5.82. The molecule has 6 nitrogen and oxygen atoms in total. The normalized spacial score (nSPS) is 15.3. The molecule has 0 spiro atoms. The topological polar surface area (TPSA) is 69.0 Å². The number of hydrogen-bond donors (Lipinski definition) is 1. The zero-order chi connectivity index (χ0) is 15.9. The number of ether oxygens (including phenoxy) is 1. The van der Waals surface area contributed by atoms with Gasteiger partial charge in [0.2, 0.25) is 5.88 Å². The highest BCUT2D eigenvalue weighted by Gasteiger charge is 2.16. The fourth-order valence-electron chi connectivity index (χ4n) is 2.79. The van der Waals surface area contributed by atoms with Crippen molar-refractivity contribution in [3.63, 3.8) is 0 Å². The number of rotatable bonds is 6. The number of aromatic nitrogens is 3. The largest absolute Gasteiger partial charge is 0.474 e. The summed E-state index contributed by atoms with van der Waals surface area (Å²) < 4.78 is 7.83. The van der Waals surface area contributed by atoms with Crippen molar-refractivity contribution in [2.45, 2.75) is 44.8 Å². The molecule has 0 aromatic carbocycles. The predicted octanol–water partition coefficient (Wildman–Crippen LogP) is 2.42. The highest BCUT2D eigenvalue weighted by Crippen LogP contribution is 2.22. The molecule has 122 valence electrons. The Morgan fingerprint density at radius 2 is 2.17 bits per heavy atom. The molecule has 0 bridgehead atoms. The van der Waals surface area contributed by atoms with E-state index in [2.05, 4.69) is 15.3 Å². The van der Waals surface area contributed by atoms with Gasteiger partial charge in [-0.1, -0.05) is 6.42 Å². The van der Waals surface area contributed by atoms with Gasteiger partial charge in [-0.3, -0.25) is 4.79 Å². The maximum Gasteiger partial charge on any atom is 0.251 e. The van der Waals surface area contributed by atoms with E-state index in [1.807, 2.05) is 10.8 Å². The Labute approximate surface area is 135 Å². The van der Waals surface area contributed by atoms with Gasteiger partial charge in [-0.05, 0) is 31.7 Å². The lowest BCUT2D eigenvalue weighted by atomic mass is 9.98. The summed E-state index contributed by atoms with van der Waals surface area (Å²) in [6.45, 7) is 1.25. The molecule has 0 unspecified atom stereocenters. The first kappa shape index (κ1) is 15.5. The molecule has 1 fully saturated rings. The molecule has 1 aliphatic carbocycles. The summed E-state index contributed by atoms with van der Waals surface area (Å²) in [6, 6.07) is 3.43. The minimum absolute atomic E-state index is 0.110. The lowest BCUT2D eigenvalue weighted by Gasteiger charge is -2.22. The molecule has 2 aromatic heterocycles. The summed E-state index contributed by atoms with van der Waals surface area (Å²) in [5.74, 6) is 0.431. The maximum atomic E-state index is 12.2. The van der Waals surface area contributed by atoms with E-state index in [9.17, 15) is 4.79 Å². The van der Waals surface area contributed by atoms with Crippen LogP contribution in [0.3, 0.4) is 0 Å². The van der Waals surface area contributed by atoms with Gasteiger partial charge in [0.05, 0.1) is 6.33 Å². The van der Waals surface area contributed by atoms with Crippen molar-refractivity contribution in [2.24, 2.45) is 0 Å². The Morgan fingerprint density at radius 1 is 1.30 bits per heavy atom. The molecule has 1 saturated carbocycles. The number of amides is 1. The van der Waals surface area contributed by atoms with E-state index in [1.54, 1.807) is 30.9 Å². The van der Waals surface area contributed by atoms with Crippen LogP contribution in [0.4, 0.5) is 0 Å². The van der Waals surface area contributed by atoms with Crippen LogP contribution in [0.5, 0.6) is 5.88 Å². The summed E-state index contributed by atoms with van der Waals surface area (Å²) >= 11 is 0. The summed E-state index contributed by atoms with van der Waals surface area (Å²) in [6.07, 6.45) is 13.0. The van der Waals surface area contributed by atoms with Crippen LogP contribution in [0.15, 0.2) is 37.1 Å². The first-order valence-corrected chi connectivity index (χ1v) is 8.18. The number of imidazole rings is 1. The van der Waals surface area contributed by atoms with Crippen LogP contribution in [-0.2, 0) is 6.54 Å². The first-order chi connectivity index (χ1) is 11.3. The van der Waals surface area contributed by atoms with Gasteiger partial charge in [-0.2, -0.15) is 0 Å². The van der Waals surface area contributed by atoms with E-state index in [4.69, 9.17) is 4.74 Å². The fraction of sp³-hybridized carbons (Fsp3) is 0.471. The molecule has 3 rings (SSSR count). The fourth-order valence-corrected chi connectivity index (χ4v) is 2.79. The van der Waals surface area contributed by atoms with Gasteiger partial charge in [0.1, 0.15) is 6.10 Å². The SMILES string of the molecule is O=C(NCCn1ccnc1)c1ccnc(OC2CCCCC2)c1. The number of carbonyl (C=O) groups excluding carboxylic acids is 1. The molecule has 2 heterocycles. The quantitative estimate of drug-likeness (QED) is 0.889. The molecule has 1 N–H and O–H groups in total. The van der Waals surface area contributed by atoms with Crippen molar-refractivity contribution in [3.05, 3.63) is 42.6 Å². The molecule has 2 aromatic rings. The Hall–Kier alpha value is -2.37. The van der Waals surface area contributed by atoms with Gasteiger partial charge < -0.3 is 14.6 Å². The highest BCUT2D eigenvalue weighted by molar-refractivity contribution is 5.94. The second kappa shape index (κ2) is 7.76. The van der Waals surface area contributed by atoms with Crippen molar-refractivity contribution in [3.8, 4) is 5.88 Å². The summed E-state index contributed by atoms with van der Waals surface area (Å²) in [4.78, 5) is 20.4. The summed E-state index contributed by atoms with van der Waals surface area (Å²) in [5.41, 5.74) is 0.580. The predicted molar refractivity (Wildman–Crippen MR) is 86.3 cm³/mol. The third-order valence-corrected chi connectivity index (χ3v) is 4.05. The van der Waals surface area contributed by atoms with E-state index >= 15 is 0 Å². The van der Waals surface area contributed by atoms with Crippen LogP contribution in [0.1, 0.15) is 42.5 Å². The van der Waals surface area contributed by atoms with E-state index in [0.717, 1.165) is 12.8 Å². The zero-order valence-electron chi connectivity index (χ0n) is 13.1. The molecule has 0 atom stereocenters. The number of nitrogens with one attached hydrogen (secondary N) is 1. The van der Waals surface area contributed by atoms with Gasteiger partial charge in [0.25, 0.3) is 5.91 Å². The van der Waals surface area contributed by atoms with E-state index in [-0.39, 0.29) is 12.0 Å². The molecule has 6 heteroatoms. The zero-order valence-corrected chi connectivity index (χ0v) is 13.1. The number of nitrogens with zero attached hydrogens (tertiary/aromatic N) is 3. The second-order valence-corrected chi connectivity index (χ2v) is 5.82. The van der Waals surface area contributed by atoms with Crippen LogP contribution in [-0.4, -0.2) is 33.1 Å². The minimum Gasteiger partial charge on any atom is -0.474 e. The molecular formula is C17H22N4O2. The Kier molecular flexibility index (Phi) is 5.24. The molecule has 1 amide bonds. The van der Waals surface area contributed by atoms with Crippen LogP contribution < -0.4 is 10.1 Å². The molecular weight excluding hydrogens is 292 g/mol. The smallest absolute Gasteiger partial charge is 0.251 e. The lowest BCUT2D eigenvalue weighted by Crippen LogP contribution is -2.27. The number of hydrogen-bond acceptors (Lipinski definition) is 4. The third-order valence-electron chi connectivity index (χ3n) is 4.05. The summed E-state index contributed by atoms with van der Waals surface area (Å²) in [7, 11) is 0. The average Bonchev–Trinajstić information content (AvgIpc) is 3.09. The molecule has 23 heavy (non-hydrogen) atoms. The molecule has 0 saturated heterocycles. The Bertz CT molecular complexity index is 621. The molecule has 0 aliphatic heterocycles. The van der Waals surface area contributed by atoms with Gasteiger partial charge >= 0.3 is 0 Å². The Morgan fingerprint density at radius 3 is 2.96 bits per heavy atom. The van der Waals surface area contributed by atoms with Gasteiger partial charge in [0, 0.05) is 43.3 Å². The van der Waals surface area contributed by atoms with Crippen molar-refractivity contribution in [1.29, 1.82) is 0 Å². The highest BCUT2D eigenvalue weighted by atomic mass is 16.5. The van der Waals surface area contributed by atoms with Crippen molar-refractivity contribution in [1.82, 2.24) is 19.9 Å².